The van der Waals surface area contributed by atoms with Crippen molar-refractivity contribution in [1.29, 1.82) is 0 Å². The number of carbonyl (C=O) groups excluding carboxylic acids is 1. The highest BCUT2D eigenvalue weighted by Crippen LogP contribution is 2.29. The highest BCUT2D eigenvalue weighted by Gasteiger charge is 2.41. The van der Waals surface area contributed by atoms with Gasteiger partial charge in [0.05, 0.1) is 13.2 Å². The molecule has 2 aliphatic heterocycles. The molecule has 0 aromatic heterocycles. The Kier molecular flexibility index (Phi) is 6.01. The second-order valence-corrected chi connectivity index (χ2v) is 7.55. The standard InChI is InChI=1S/C19H30N4O3/c1-21(2)11-15-10-16-12-22(9-8-17(24)13-23(15)16)19(25)20-14-4-6-18(26-3)7-5-14/h4-7,15-17,24H,8-13H2,1-3H3,(H,20,25)/t15-,16+,17?/m0/s1. The molecule has 1 aromatic rings. The fourth-order valence-corrected chi connectivity index (χ4v) is 3.87. The number of methoxy groups -OCH3 is 1. The van der Waals surface area contributed by atoms with Gasteiger partial charge >= 0.3 is 6.03 Å². The van der Waals surface area contributed by atoms with E-state index in [-0.39, 0.29) is 12.1 Å². The van der Waals surface area contributed by atoms with E-state index in [2.05, 4.69) is 29.2 Å². The number of benzene rings is 1. The summed E-state index contributed by atoms with van der Waals surface area (Å²) in [6.45, 7) is 2.98. The van der Waals surface area contributed by atoms with Crippen LogP contribution in [0.2, 0.25) is 0 Å². The molecule has 1 aromatic carbocycles. The van der Waals surface area contributed by atoms with E-state index in [4.69, 9.17) is 4.74 Å². The number of aliphatic hydroxyl groups excluding tert-OH is 1. The first-order valence-corrected chi connectivity index (χ1v) is 9.24. The summed E-state index contributed by atoms with van der Waals surface area (Å²) in [5.41, 5.74) is 0.745. The van der Waals surface area contributed by atoms with E-state index in [0.717, 1.165) is 24.4 Å². The molecule has 3 rings (SSSR count). The van der Waals surface area contributed by atoms with Crippen LogP contribution in [-0.4, -0.2) is 91.4 Å². The van der Waals surface area contributed by atoms with Gasteiger partial charge < -0.3 is 25.0 Å². The van der Waals surface area contributed by atoms with Crippen LogP contribution in [0.1, 0.15) is 12.8 Å². The summed E-state index contributed by atoms with van der Waals surface area (Å²) in [5.74, 6) is 0.759. The van der Waals surface area contributed by atoms with Gasteiger partial charge in [-0.05, 0) is 51.2 Å². The zero-order chi connectivity index (χ0) is 18.7. The van der Waals surface area contributed by atoms with Gasteiger partial charge in [-0.3, -0.25) is 4.90 Å². The lowest BCUT2D eigenvalue weighted by molar-refractivity contribution is -0.0535. The molecule has 0 spiro atoms. The molecule has 2 heterocycles. The lowest BCUT2D eigenvalue weighted by atomic mass is 9.90. The molecule has 1 unspecified atom stereocenters. The number of rotatable bonds is 4. The minimum Gasteiger partial charge on any atom is -0.497 e. The number of nitrogens with one attached hydrogen (secondary N) is 1. The number of amides is 2. The molecule has 26 heavy (non-hydrogen) atoms. The van der Waals surface area contributed by atoms with Crippen molar-refractivity contribution in [3.63, 3.8) is 0 Å². The van der Waals surface area contributed by atoms with Crippen LogP contribution in [0.25, 0.3) is 0 Å². The Morgan fingerprint density at radius 1 is 1.31 bits per heavy atom. The van der Waals surface area contributed by atoms with Crippen LogP contribution < -0.4 is 10.1 Å². The van der Waals surface area contributed by atoms with Crippen LogP contribution in [0.4, 0.5) is 10.5 Å². The molecule has 2 amide bonds. The highest BCUT2D eigenvalue weighted by atomic mass is 16.5. The molecule has 2 N–H and O–H groups in total. The molecule has 144 valence electrons. The molecule has 2 aliphatic rings. The minimum atomic E-state index is -0.390. The molecule has 3 atom stereocenters. The quantitative estimate of drug-likeness (QED) is 0.845. The van der Waals surface area contributed by atoms with Gasteiger partial charge in [0.1, 0.15) is 5.75 Å². The van der Waals surface area contributed by atoms with E-state index >= 15 is 0 Å². The second kappa shape index (κ2) is 8.24. The van der Waals surface area contributed by atoms with Crippen LogP contribution in [-0.2, 0) is 0 Å². The zero-order valence-corrected chi connectivity index (χ0v) is 15.9. The number of anilines is 1. The average molecular weight is 362 g/mol. The molecule has 7 heteroatoms. The number of nitrogens with zero attached hydrogens (tertiary/aromatic N) is 3. The number of urea groups is 1. The van der Waals surface area contributed by atoms with Gasteiger partial charge in [0.15, 0.2) is 0 Å². The first-order chi connectivity index (χ1) is 12.5. The van der Waals surface area contributed by atoms with E-state index in [1.54, 1.807) is 7.11 Å². The zero-order valence-electron chi connectivity index (χ0n) is 15.9. The lowest BCUT2D eigenvalue weighted by Crippen LogP contribution is -2.65. The average Bonchev–Trinajstić information content (AvgIpc) is 2.60. The third kappa shape index (κ3) is 4.47. The van der Waals surface area contributed by atoms with Crippen molar-refractivity contribution in [3.05, 3.63) is 24.3 Å². The van der Waals surface area contributed by atoms with Crippen LogP contribution in [0.15, 0.2) is 24.3 Å². The Morgan fingerprint density at radius 3 is 2.69 bits per heavy atom. The summed E-state index contributed by atoms with van der Waals surface area (Å²) in [5, 5.41) is 13.3. The number of aliphatic hydroxyl groups is 1. The summed E-state index contributed by atoms with van der Waals surface area (Å²) in [7, 11) is 5.76. The van der Waals surface area contributed by atoms with E-state index < -0.39 is 0 Å². The maximum Gasteiger partial charge on any atom is 0.321 e. The Morgan fingerprint density at radius 2 is 2.04 bits per heavy atom. The van der Waals surface area contributed by atoms with Crippen molar-refractivity contribution in [2.24, 2.45) is 0 Å². The van der Waals surface area contributed by atoms with Crippen LogP contribution in [0, 0.1) is 0 Å². The lowest BCUT2D eigenvalue weighted by Gasteiger charge is -2.52. The fraction of sp³-hybridized carbons (Fsp3) is 0.632. The maximum absolute atomic E-state index is 12.7. The summed E-state index contributed by atoms with van der Waals surface area (Å²) in [6, 6.07) is 8.00. The molecule has 0 radical (unpaired) electrons. The van der Waals surface area contributed by atoms with Gasteiger partial charge in [0.2, 0.25) is 0 Å². The van der Waals surface area contributed by atoms with E-state index in [0.29, 0.717) is 38.1 Å². The number of carbonyl (C=O) groups is 1. The van der Waals surface area contributed by atoms with Crippen LogP contribution in [0.3, 0.4) is 0 Å². The molecule has 2 saturated heterocycles. The Hall–Kier alpha value is -1.83. The highest BCUT2D eigenvalue weighted by molar-refractivity contribution is 5.89. The Bertz CT molecular complexity index is 607. The van der Waals surface area contributed by atoms with Crippen molar-refractivity contribution < 1.29 is 14.6 Å². The second-order valence-electron chi connectivity index (χ2n) is 7.55. The van der Waals surface area contributed by atoms with E-state index in [9.17, 15) is 9.90 Å². The molecular weight excluding hydrogens is 332 g/mol. The number of hydrogen-bond donors (Lipinski definition) is 2. The molecule has 0 saturated carbocycles. The minimum absolute atomic E-state index is 0.111. The number of likely N-dealkylation sites (N-methyl/N-ethyl adjacent to an activating group) is 1. The van der Waals surface area contributed by atoms with Crippen molar-refractivity contribution in [2.45, 2.75) is 31.0 Å². The van der Waals surface area contributed by atoms with Gasteiger partial charge in [-0.25, -0.2) is 4.79 Å². The van der Waals surface area contributed by atoms with Crippen molar-refractivity contribution in [3.8, 4) is 5.75 Å². The summed E-state index contributed by atoms with van der Waals surface area (Å²) in [4.78, 5) is 19.1. The monoisotopic (exact) mass is 362 g/mol. The van der Waals surface area contributed by atoms with Crippen LogP contribution >= 0.6 is 0 Å². The van der Waals surface area contributed by atoms with Gasteiger partial charge in [-0.15, -0.1) is 0 Å². The predicted molar refractivity (Wildman–Crippen MR) is 102 cm³/mol. The number of ether oxygens (including phenoxy) is 1. The smallest absolute Gasteiger partial charge is 0.321 e. The molecule has 7 nitrogen and oxygen atoms in total. The molecular formula is C19H30N4O3. The Balaban J connectivity index is 1.61. The number of fused-ring (bicyclic) bond motifs is 1. The molecule has 0 aliphatic carbocycles. The summed E-state index contributed by atoms with van der Waals surface area (Å²) in [6.07, 6.45) is 1.28. The molecule has 2 fully saturated rings. The van der Waals surface area contributed by atoms with Gasteiger partial charge in [0, 0.05) is 44.0 Å². The van der Waals surface area contributed by atoms with E-state index in [1.807, 2.05) is 29.2 Å². The first kappa shape index (κ1) is 18.9. The largest absolute Gasteiger partial charge is 0.497 e. The SMILES string of the molecule is COc1ccc(NC(=O)N2CCC(O)CN3[C@H](C[C@H]3CN(C)C)C2)cc1. The summed E-state index contributed by atoms with van der Waals surface area (Å²) >= 11 is 0. The normalized spacial score (nSPS) is 26.5. The van der Waals surface area contributed by atoms with E-state index in [1.165, 1.54) is 0 Å². The summed E-state index contributed by atoms with van der Waals surface area (Å²) < 4.78 is 5.14. The fourth-order valence-electron chi connectivity index (χ4n) is 3.87. The van der Waals surface area contributed by atoms with Crippen molar-refractivity contribution >= 4 is 11.7 Å². The van der Waals surface area contributed by atoms with Crippen LogP contribution in [0.5, 0.6) is 5.75 Å². The molecule has 0 bridgehead atoms. The maximum atomic E-state index is 12.7. The third-order valence-corrected chi connectivity index (χ3v) is 5.27. The van der Waals surface area contributed by atoms with Crippen molar-refractivity contribution in [2.75, 3.05) is 52.7 Å². The first-order valence-electron chi connectivity index (χ1n) is 9.24. The third-order valence-electron chi connectivity index (χ3n) is 5.27. The Labute approximate surface area is 155 Å². The van der Waals surface area contributed by atoms with Gasteiger partial charge in [-0.1, -0.05) is 0 Å². The topological polar surface area (TPSA) is 68.3 Å². The van der Waals surface area contributed by atoms with Crippen molar-refractivity contribution in [1.82, 2.24) is 14.7 Å². The predicted octanol–water partition coefficient (Wildman–Crippen LogP) is 1.30. The van der Waals surface area contributed by atoms with Gasteiger partial charge in [-0.2, -0.15) is 0 Å². The van der Waals surface area contributed by atoms with Gasteiger partial charge in [0.25, 0.3) is 0 Å². The number of hydrogen-bond acceptors (Lipinski definition) is 5.